The molecule has 98 valence electrons. The molecule has 0 aliphatic carbocycles. The molecule has 0 unspecified atom stereocenters. The van der Waals surface area contributed by atoms with Gasteiger partial charge < -0.3 is 20.1 Å². The zero-order valence-electron chi connectivity index (χ0n) is 10.3. The molecule has 0 bridgehead atoms. The number of ketones is 1. The molecule has 1 aliphatic heterocycles. The highest BCUT2D eigenvalue weighted by molar-refractivity contribution is 5.97. The summed E-state index contributed by atoms with van der Waals surface area (Å²) >= 11 is 0. The lowest BCUT2D eigenvalue weighted by molar-refractivity contribution is -0.0729. The van der Waals surface area contributed by atoms with Crippen LogP contribution >= 0.6 is 0 Å². The molecule has 2 rings (SSSR count). The number of carbonyl (C=O) groups is 1. The van der Waals surface area contributed by atoms with Crippen molar-refractivity contribution in [2.45, 2.75) is 32.0 Å². The zero-order chi connectivity index (χ0) is 13.5. The number of Topliss-reactive ketones (excluding diaryl/α,β-unsaturated/α-hetero) is 1. The molecular weight excluding hydrogens is 236 g/mol. The van der Waals surface area contributed by atoms with E-state index >= 15 is 0 Å². The second-order valence-corrected chi connectivity index (χ2v) is 4.86. The number of phenolic OH excluding ortho intramolecular Hbond substituents is 1. The van der Waals surface area contributed by atoms with E-state index in [1.807, 2.05) is 0 Å². The number of hydrogen-bond donors (Lipinski definition) is 3. The van der Waals surface area contributed by atoms with Crippen LogP contribution in [0.25, 0.3) is 0 Å². The summed E-state index contributed by atoms with van der Waals surface area (Å²) < 4.78 is 5.50. The number of phenols is 1. The molecule has 5 heteroatoms. The van der Waals surface area contributed by atoms with Crippen molar-refractivity contribution in [3.8, 4) is 11.5 Å². The van der Waals surface area contributed by atoms with Crippen LogP contribution in [0.4, 0.5) is 0 Å². The van der Waals surface area contributed by atoms with Gasteiger partial charge in [0.2, 0.25) is 0 Å². The predicted molar refractivity (Wildman–Crippen MR) is 63.9 cm³/mol. The van der Waals surface area contributed by atoms with Crippen molar-refractivity contribution in [3.63, 3.8) is 0 Å². The molecule has 0 fully saturated rings. The molecule has 0 aromatic heterocycles. The van der Waals surface area contributed by atoms with Gasteiger partial charge in [-0.1, -0.05) is 0 Å². The lowest BCUT2D eigenvalue weighted by Crippen LogP contribution is -2.45. The molecule has 1 aromatic carbocycles. The van der Waals surface area contributed by atoms with Crippen LogP contribution in [-0.4, -0.2) is 39.4 Å². The van der Waals surface area contributed by atoms with E-state index in [0.717, 1.165) is 5.56 Å². The fourth-order valence-electron chi connectivity index (χ4n) is 2.01. The Balaban J connectivity index is 2.33. The molecule has 2 atom stereocenters. The van der Waals surface area contributed by atoms with Crippen molar-refractivity contribution in [3.05, 3.63) is 23.3 Å². The Hall–Kier alpha value is -1.59. The molecule has 3 N–H and O–H groups in total. The van der Waals surface area contributed by atoms with Crippen molar-refractivity contribution < 1.29 is 24.9 Å². The monoisotopic (exact) mass is 252 g/mol. The average molecular weight is 252 g/mol. The first-order chi connectivity index (χ1) is 8.35. The molecule has 0 radical (unpaired) electrons. The fraction of sp³-hybridized carbons (Fsp3) is 0.462. The van der Waals surface area contributed by atoms with Crippen molar-refractivity contribution in [1.82, 2.24) is 0 Å². The fourth-order valence-corrected chi connectivity index (χ4v) is 2.01. The maximum Gasteiger partial charge on any atom is 0.163 e. The Morgan fingerprint density at radius 2 is 2.22 bits per heavy atom. The predicted octanol–water partition coefficient (Wildman–Crippen LogP) is 0.642. The highest BCUT2D eigenvalue weighted by atomic mass is 16.5. The van der Waals surface area contributed by atoms with Crippen LogP contribution in [0.2, 0.25) is 0 Å². The van der Waals surface area contributed by atoms with Gasteiger partial charge >= 0.3 is 0 Å². The molecule has 0 saturated heterocycles. The van der Waals surface area contributed by atoms with Crippen molar-refractivity contribution in [1.29, 1.82) is 0 Å². The van der Waals surface area contributed by atoms with E-state index in [4.69, 9.17) is 9.84 Å². The van der Waals surface area contributed by atoms with Crippen LogP contribution in [0.3, 0.4) is 0 Å². The Kier molecular flexibility index (Phi) is 3.04. The van der Waals surface area contributed by atoms with Gasteiger partial charge in [0.15, 0.2) is 5.78 Å². The van der Waals surface area contributed by atoms with Gasteiger partial charge in [-0.2, -0.15) is 0 Å². The minimum atomic E-state index is -1.36. The normalized spacial score (nSPS) is 21.0. The quantitative estimate of drug-likeness (QED) is 0.687. The van der Waals surface area contributed by atoms with E-state index in [0.29, 0.717) is 12.2 Å². The van der Waals surface area contributed by atoms with E-state index in [-0.39, 0.29) is 17.1 Å². The van der Waals surface area contributed by atoms with Gasteiger partial charge in [-0.15, -0.1) is 0 Å². The van der Waals surface area contributed by atoms with Crippen LogP contribution in [0.15, 0.2) is 12.1 Å². The van der Waals surface area contributed by atoms with E-state index < -0.39 is 18.3 Å². The summed E-state index contributed by atoms with van der Waals surface area (Å²) in [7, 11) is 0. The van der Waals surface area contributed by atoms with Gasteiger partial charge in [-0.05, 0) is 25.5 Å². The third-order valence-electron chi connectivity index (χ3n) is 3.25. The smallest absolute Gasteiger partial charge is 0.163 e. The summed E-state index contributed by atoms with van der Waals surface area (Å²) in [6.45, 7) is 2.44. The van der Waals surface area contributed by atoms with Crippen molar-refractivity contribution in [2.75, 3.05) is 6.61 Å². The van der Waals surface area contributed by atoms with Crippen LogP contribution < -0.4 is 4.74 Å². The number of benzene rings is 1. The molecule has 1 aliphatic rings. The number of aliphatic hydroxyl groups is 2. The number of ether oxygens (including phenoxy) is 1. The van der Waals surface area contributed by atoms with Gasteiger partial charge in [-0.25, -0.2) is 0 Å². The summed E-state index contributed by atoms with van der Waals surface area (Å²) in [6.07, 6.45) is -0.192. The molecule has 0 saturated carbocycles. The largest absolute Gasteiger partial charge is 0.507 e. The minimum Gasteiger partial charge on any atom is -0.507 e. The standard InChI is InChI=1S/C13H16O5/c1-7(15)9-3-8-4-12(13(2,17)6-14)18-11(8)5-10(9)16/h3,5,12,14,16-17H,4,6H2,1-2H3/t12-,13+/m1/s1. The topological polar surface area (TPSA) is 87.0 Å². The van der Waals surface area contributed by atoms with Gasteiger partial charge in [0.25, 0.3) is 0 Å². The zero-order valence-corrected chi connectivity index (χ0v) is 10.3. The SMILES string of the molecule is CC(=O)c1cc2c(cc1O)O[C@@H]([C@@](C)(O)CO)C2. The molecule has 1 aromatic rings. The second kappa shape index (κ2) is 4.26. The van der Waals surface area contributed by atoms with E-state index in [1.54, 1.807) is 6.07 Å². The molecule has 5 nitrogen and oxygen atoms in total. The van der Waals surface area contributed by atoms with Gasteiger partial charge in [0.05, 0.1) is 12.2 Å². The molecule has 1 heterocycles. The van der Waals surface area contributed by atoms with Crippen LogP contribution in [-0.2, 0) is 6.42 Å². The number of rotatable bonds is 3. The first-order valence-corrected chi connectivity index (χ1v) is 5.72. The maximum atomic E-state index is 11.3. The van der Waals surface area contributed by atoms with Crippen molar-refractivity contribution >= 4 is 5.78 Å². The molecular formula is C13H16O5. The first-order valence-electron chi connectivity index (χ1n) is 5.72. The lowest BCUT2D eigenvalue weighted by Gasteiger charge is -2.26. The number of hydrogen-bond acceptors (Lipinski definition) is 5. The Morgan fingerprint density at radius 1 is 1.56 bits per heavy atom. The first kappa shape index (κ1) is 12.9. The second-order valence-electron chi connectivity index (χ2n) is 4.86. The van der Waals surface area contributed by atoms with Crippen LogP contribution in [0, 0.1) is 0 Å². The molecule has 0 amide bonds. The number of aromatic hydroxyl groups is 1. The average Bonchev–Trinajstić information content (AvgIpc) is 2.71. The Labute approximate surface area is 105 Å². The van der Waals surface area contributed by atoms with Crippen LogP contribution in [0.1, 0.15) is 29.8 Å². The third kappa shape index (κ3) is 2.07. The number of aliphatic hydroxyl groups excluding tert-OH is 1. The van der Waals surface area contributed by atoms with E-state index in [9.17, 15) is 15.0 Å². The summed E-state index contributed by atoms with van der Waals surface area (Å²) in [5, 5.41) is 28.7. The third-order valence-corrected chi connectivity index (χ3v) is 3.25. The van der Waals surface area contributed by atoms with E-state index in [2.05, 4.69) is 0 Å². The van der Waals surface area contributed by atoms with Gasteiger partial charge in [0.1, 0.15) is 23.2 Å². The summed E-state index contributed by atoms with van der Waals surface area (Å²) in [4.78, 5) is 11.3. The minimum absolute atomic E-state index is 0.134. The van der Waals surface area contributed by atoms with Gasteiger partial charge in [-0.3, -0.25) is 4.79 Å². The summed E-state index contributed by atoms with van der Waals surface area (Å²) in [5.41, 5.74) is -0.372. The number of carbonyl (C=O) groups excluding carboxylic acids is 1. The Bertz CT molecular complexity index is 492. The maximum absolute atomic E-state index is 11.3. The highest BCUT2D eigenvalue weighted by Crippen LogP contribution is 2.37. The number of fused-ring (bicyclic) bond motifs is 1. The summed E-state index contributed by atoms with van der Waals surface area (Å²) in [6, 6.07) is 2.94. The lowest BCUT2D eigenvalue weighted by atomic mass is 9.95. The highest BCUT2D eigenvalue weighted by Gasteiger charge is 2.38. The summed E-state index contributed by atoms with van der Waals surface area (Å²) in [5.74, 6) is 0.0782. The van der Waals surface area contributed by atoms with Crippen LogP contribution in [0.5, 0.6) is 11.5 Å². The molecule has 0 spiro atoms. The van der Waals surface area contributed by atoms with Crippen molar-refractivity contribution in [2.24, 2.45) is 0 Å². The van der Waals surface area contributed by atoms with Gasteiger partial charge in [0, 0.05) is 12.5 Å². The Morgan fingerprint density at radius 3 is 2.78 bits per heavy atom. The van der Waals surface area contributed by atoms with E-state index in [1.165, 1.54) is 19.9 Å². The molecule has 18 heavy (non-hydrogen) atoms.